The Morgan fingerprint density at radius 3 is 2.25 bits per heavy atom. The third-order valence-electron chi connectivity index (χ3n) is 3.12. The zero-order valence-corrected chi connectivity index (χ0v) is 10.5. The van der Waals surface area contributed by atoms with E-state index in [4.69, 9.17) is 4.74 Å². The maximum atomic E-state index is 11.8. The van der Waals surface area contributed by atoms with E-state index < -0.39 is 5.92 Å². The Morgan fingerprint density at radius 1 is 1.25 bits per heavy atom. The van der Waals surface area contributed by atoms with E-state index in [1.54, 1.807) is 0 Å². The fourth-order valence-electron chi connectivity index (χ4n) is 2.32. The van der Waals surface area contributed by atoms with Gasteiger partial charge in [-0.25, -0.2) is 0 Å². The van der Waals surface area contributed by atoms with Crippen molar-refractivity contribution in [1.82, 2.24) is 0 Å². The molecule has 92 valence electrons. The van der Waals surface area contributed by atoms with Gasteiger partial charge in [0.25, 0.3) is 0 Å². The van der Waals surface area contributed by atoms with Crippen LogP contribution in [0.5, 0.6) is 0 Å². The summed E-state index contributed by atoms with van der Waals surface area (Å²) in [6.07, 6.45) is 4.24. The van der Waals surface area contributed by atoms with Crippen molar-refractivity contribution in [2.45, 2.75) is 46.5 Å². The molecule has 0 bridgehead atoms. The Hall–Kier alpha value is -0.860. The lowest BCUT2D eigenvalue weighted by Gasteiger charge is -2.19. The number of Topliss-reactive ketones (excluding diaryl/α,β-unsaturated/α-hetero) is 1. The van der Waals surface area contributed by atoms with Crippen LogP contribution in [0, 0.1) is 17.8 Å². The molecule has 0 aromatic rings. The summed E-state index contributed by atoms with van der Waals surface area (Å²) in [6.45, 7) is 5.90. The van der Waals surface area contributed by atoms with Crippen molar-refractivity contribution in [2.24, 2.45) is 17.8 Å². The molecule has 1 unspecified atom stereocenters. The molecule has 1 fully saturated rings. The van der Waals surface area contributed by atoms with Crippen LogP contribution < -0.4 is 0 Å². The minimum absolute atomic E-state index is 0.0411. The molecule has 3 heteroatoms. The van der Waals surface area contributed by atoms with Crippen molar-refractivity contribution >= 4 is 11.8 Å². The number of esters is 1. The lowest BCUT2D eigenvalue weighted by molar-refractivity contribution is -0.154. The molecule has 1 saturated carbocycles. The average Bonchev–Trinajstić information content (AvgIpc) is 2.67. The monoisotopic (exact) mass is 226 g/mol. The SMILES string of the molecule is CC(=O)C(C(=O)OCC(C)C)C1CCCC1. The molecule has 16 heavy (non-hydrogen) atoms. The molecule has 1 atom stereocenters. The highest BCUT2D eigenvalue weighted by Crippen LogP contribution is 2.32. The molecular formula is C13H22O3. The number of rotatable bonds is 5. The Bertz CT molecular complexity index is 252. The molecule has 3 nitrogen and oxygen atoms in total. The van der Waals surface area contributed by atoms with Gasteiger partial charge in [0.1, 0.15) is 11.7 Å². The number of carbonyl (C=O) groups excluding carboxylic acids is 2. The van der Waals surface area contributed by atoms with Crippen LogP contribution in [-0.2, 0) is 14.3 Å². The van der Waals surface area contributed by atoms with Crippen LogP contribution in [-0.4, -0.2) is 18.4 Å². The summed E-state index contributed by atoms with van der Waals surface area (Å²) in [5, 5.41) is 0. The number of hydrogen-bond acceptors (Lipinski definition) is 3. The minimum Gasteiger partial charge on any atom is -0.465 e. The van der Waals surface area contributed by atoms with Crippen LogP contribution in [0.1, 0.15) is 46.5 Å². The van der Waals surface area contributed by atoms with E-state index in [0.29, 0.717) is 12.5 Å². The first-order valence-electron chi connectivity index (χ1n) is 6.19. The van der Waals surface area contributed by atoms with Gasteiger partial charge < -0.3 is 4.74 Å². The van der Waals surface area contributed by atoms with Gasteiger partial charge in [-0.3, -0.25) is 9.59 Å². The summed E-state index contributed by atoms with van der Waals surface area (Å²) >= 11 is 0. The summed E-state index contributed by atoms with van der Waals surface area (Å²) in [4.78, 5) is 23.3. The van der Waals surface area contributed by atoms with Crippen molar-refractivity contribution in [2.75, 3.05) is 6.61 Å². The molecule has 0 aromatic carbocycles. The molecule has 0 aromatic heterocycles. The van der Waals surface area contributed by atoms with Crippen LogP contribution in [0.2, 0.25) is 0 Å². The molecule has 0 aliphatic heterocycles. The normalized spacial score (nSPS) is 18.8. The molecular weight excluding hydrogens is 204 g/mol. The molecule has 1 rings (SSSR count). The first-order valence-corrected chi connectivity index (χ1v) is 6.19. The van der Waals surface area contributed by atoms with Crippen molar-refractivity contribution < 1.29 is 14.3 Å². The second-order valence-corrected chi connectivity index (χ2v) is 5.16. The fraction of sp³-hybridized carbons (Fsp3) is 0.846. The van der Waals surface area contributed by atoms with Crippen molar-refractivity contribution in [3.8, 4) is 0 Å². The fourth-order valence-corrected chi connectivity index (χ4v) is 2.32. The van der Waals surface area contributed by atoms with Gasteiger partial charge >= 0.3 is 5.97 Å². The smallest absolute Gasteiger partial charge is 0.316 e. The lowest BCUT2D eigenvalue weighted by atomic mass is 9.88. The largest absolute Gasteiger partial charge is 0.465 e. The van der Waals surface area contributed by atoms with E-state index in [9.17, 15) is 9.59 Å². The molecule has 1 aliphatic rings. The highest BCUT2D eigenvalue weighted by atomic mass is 16.5. The Balaban J connectivity index is 2.55. The average molecular weight is 226 g/mol. The topological polar surface area (TPSA) is 43.4 Å². The van der Waals surface area contributed by atoms with Gasteiger partial charge in [-0.2, -0.15) is 0 Å². The molecule has 0 spiro atoms. The first-order chi connectivity index (χ1) is 7.52. The third kappa shape index (κ3) is 3.62. The molecule has 0 N–H and O–H groups in total. The third-order valence-corrected chi connectivity index (χ3v) is 3.12. The second kappa shape index (κ2) is 6.02. The van der Waals surface area contributed by atoms with Gasteiger partial charge in [0.2, 0.25) is 0 Å². The number of ether oxygens (including phenoxy) is 1. The van der Waals surface area contributed by atoms with Crippen molar-refractivity contribution in [1.29, 1.82) is 0 Å². The Labute approximate surface area is 97.5 Å². The predicted molar refractivity (Wildman–Crippen MR) is 61.9 cm³/mol. The van der Waals surface area contributed by atoms with E-state index in [-0.39, 0.29) is 17.7 Å². The highest BCUT2D eigenvalue weighted by Gasteiger charge is 2.35. The van der Waals surface area contributed by atoms with Crippen LogP contribution in [0.3, 0.4) is 0 Å². The summed E-state index contributed by atoms with van der Waals surface area (Å²) in [5.41, 5.74) is 0. The zero-order chi connectivity index (χ0) is 12.1. The van der Waals surface area contributed by atoms with Crippen LogP contribution in [0.25, 0.3) is 0 Å². The van der Waals surface area contributed by atoms with Gasteiger partial charge in [0, 0.05) is 0 Å². The Kier molecular flexibility index (Phi) is 4.97. The number of carbonyl (C=O) groups is 2. The van der Waals surface area contributed by atoms with Gasteiger partial charge in [-0.1, -0.05) is 26.7 Å². The van der Waals surface area contributed by atoms with E-state index >= 15 is 0 Å². The molecule has 0 radical (unpaired) electrons. The zero-order valence-electron chi connectivity index (χ0n) is 10.5. The summed E-state index contributed by atoms with van der Waals surface area (Å²) < 4.78 is 5.18. The van der Waals surface area contributed by atoms with E-state index in [0.717, 1.165) is 25.7 Å². The van der Waals surface area contributed by atoms with Gasteiger partial charge in [0.05, 0.1) is 6.61 Å². The van der Waals surface area contributed by atoms with Crippen molar-refractivity contribution in [3.63, 3.8) is 0 Å². The van der Waals surface area contributed by atoms with Gasteiger partial charge in [-0.05, 0) is 31.6 Å². The summed E-state index contributed by atoms with van der Waals surface area (Å²) in [6, 6.07) is 0. The molecule has 0 saturated heterocycles. The number of hydrogen-bond donors (Lipinski definition) is 0. The predicted octanol–water partition coefficient (Wildman–Crippen LogP) is 2.58. The molecule has 0 amide bonds. The summed E-state index contributed by atoms with van der Waals surface area (Å²) in [7, 11) is 0. The van der Waals surface area contributed by atoms with Gasteiger partial charge in [-0.15, -0.1) is 0 Å². The van der Waals surface area contributed by atoms with Crippen LogP contribution in [0.15, 0.2) is 0 Å². The van der Waals surface area contributed by atoms with Crippen LogP contribution >= 0.6 is 0 Å². The molecule has 1 aliphatic carbocycles. The maximum Gasteiger partial charge on any atom is 0.316 e. The van der Waals surface area contributed by atoms with Crippen LogP contribution in [0.4, 0.5) is 0 Å². The standard InChI is InChI=1S/C13H22O3/c1-9(2)8-16-13(15)12(10(3)14)11-6-4-5-7-11/h9,11-12H,4-8H2,1-3H3. The molecule has 0 heterocycles. The summed E-state index contributed by atoms with van der Waals surface area (Å²) in [5.74, 6) is -0.327. The highest BCUT2D eigenvalue weighted by molar-refractivity contribution is 5.98. The second-order valence-electron chi connectivity index (χ2n) is 5.16. The van der Waals surface area contributed by atoms with E-state index in [1.165, 1.54) is 6.92 Å². The maximum absolute atomic E-state index is 11.8. The number of ketones is 1. The minimum atomic E-state index is -0.513. The quantitative estimate of drug-likeness (QED) is 0.534. The lowest BCUT2D eigenvalue weighted by Crippen LogP contribution is -2.31. The van der Waals surface area contributed by atoms with E-state index in [1.807, 2.05) is 13.8 Å². The Morgan fingerprint density at radius 2 is 1.81 bits per heavy atom. The van der Waals surface area contributed by atoms with E-state index in [2.05, 4.69) is 0 Å². The van der Waals surface area contributed by atoms with Gasteiger partial charge in [0.15, 0.2) is 0 Å². The first kappa shape index (κ1) is 13.2. The van der Waals surface area contributed by atoms with Crippen molar-refractivity contribution in [3.05, 3.63) is 0 Å².